The van der Waals surface area contributed by atoms with E-state index in [0.717, 1.165) is 30.2 Å². The summed E-state index contributed by atoms with van der Waals surface area (Å²) in [5.74, 6) is 2.62. The second-order valence-electron chi connectivity index (χ2n) is 5.32. The fourth-order valence-corrected chi connectivity index (χ4v) is 2.71. The molecule has 5 heteroatoms. The molecule has 2 aromatic rings. The minimum absolute atomic E-state index is 0.280. The lowest BCUT2D eigenvalue weighted by molar-refractivity contribution is 0.760. The monoisotopic (exact) mass is 290 g/mol. The van der Waals surface area contributed by atoms with Gasteiger partial charge in [0, 0.05) is 30.0 Å². The van der Waals surface area contributed by atoms with E-state index in [4.69, 9.17) is 5.73 Å². The average molecular weight is 290 g/mol. The van der Waals surface area contributed by atoms with Gasteiger partial charge in [-0.1, -0.05) is 19.9 Å². The first-order valence-corrected chi connectivity index (χ1v) is 7.74. The maximum atomic E-state index is 6.01. The van der Waals surface area contributed by atoms with Gasteiger partial charge in [0.15, 0.2) is 0 Å². The van der Waals surface area contributed by atoms with E-state index < -0.39 is 0 Å². The molecule has 2 heterocycles. The molecule has 0 aromatic carbocycles. The van der Waals surface area contributed by atoms with Crippen molar-refractivity contribution in [2.24, 2.45) is 0 Å². The van der Waals surface area contributed by atoms with Crippen molar-refractivity contribution in [3.8, 4) is 0 Å². The van der Waals surface area contributed by atoms with Crippen LogP contribution in [0, 0.1) is 6.92 Å². The molecule has 0 saturated heterocycles. The summed E-state index contributed by atoms with van der Waals surface area (Å²) >= 11 is 1.79. The van der Waals surface area contributed by atoms with Gasteiger partial charge in [0.05, 0.1) is 0 Å². The molecule has 108 valence electrons. The van der Waals surface area contributed by atoms with Crippen LogP contribution in [0.5, 0.6) is 0 Å². The van der Waals surface area contributed by atoms with Gasteiger partial charge in [0.1, 0.15) is 17.5 Å². The highest BCUT2D eigenvalue weighted by molar-refractivity contribution is 7.09. The number of thiophene rings is 1. The van der Waals surface area contributed by atoms with E-state index in [1.54, 1.807) is 11.3 Å². The SMILES string of the molecule is Cc1c(N)nc(C(C)C)nc1N(C)CCc1cccs1. The van der Waals surface area contributed by atoms with E-state index in [2.05, 4.69) is 53.3 Å². The molecule has 0 aliphatic carbocycles. The number of nitrogens with zero attached hydrogens (tertiary/aromatic N) is 3. The van der Waals surface area contributed by atoms with Crippen LogP contribution in [-0.2, 0) is 6.42 Å². The highest BCUT2D eigenvalue weighted by Crippen LogP contribution is 2.23. The summed E-state index contributed by atoms with van der Waals surface area (Å²) in [4.78, 5) is 12.6. The van der Waals surface area contributed by atoms with Gasteiger partial charge < -0.3 is 10.6 Å². The standard InChI is InChI=1S/C15H22N4S/c1-10(2)14-17-13(16)11(3)15(18-14)19(4)8-7-12-6-5-9-20-12/h5-6,9-10H,7-8H2,1-4H3,(H2,16,17,18). The van der Waals surface area contributed by atoms with E-state index in [9.17, 15) is 0 Å². The molecular weight excluding hydrogens is 268 g/mol. The van der Waals surface area contributed by atoms with Crippen LogP contribution >= 0.6 is 11.3 Å². The fraction of sp³-hybridized carbons (Fsp3) is 0.467. The predicted octanol–water partition coefficient (Wildman–Crippen LogP) is 3.23. The number of likely N-dealkylation sites (N-methyl/N-ethyl adjacent to an activating group) is 1. The number of aromatic nitrogens is 2. The Kier molecular flexibility index (Phi) is 4.60. The molecule has 0 aliphatic heterocycles. The van der Waals surface area contributed by atoms with Crippen LogP contribution in [0.3, 0.4) is 0 Å². The Morgan fingerprint density at radius 3 is 2.70 bits per heavy atom. The lowest BCUT2D eigenvalue weighted by Gasteiger charge is -2.22. The number of nitrogens with two attached hydrogens (primary N) is 1. The zero-order valence-corrected chi connectivity index (χ0v) is 13.4. The van der Waals surface area contributed by atoms with Crippen molar-refractivity contribution in [3.63, 3.8) is 0 Å². The van der Waals surface area contributed by atoms with Gasteiger partial charge in [0.25, 0.3) is 0 Å². The van der Waals surface area contributed by atoms with Crippen LogP contribution < -0.4 is 10.6 Å². The van der Waals surface area contributed by atoms with Crippen LogP contribution in [0.25, 0.3) is 0 Å². The molecule has 0 bridgehead atoms. The summed E-state index contributed by atoms with van der Waals surface area (Å²) in [6.45, 7) is 7.07. The lowest BCUT2D eigenvalue weighted by atomic mass is 10.2. The fourth-order valence-electron chi connectivity index (χ4n) is 2.01. The third kappa shape index (κ3) is 3.28. The number of hydrogen-bond acceptors (Lipinski definition) is 5. The first-order chi connectivity index (χ1) is 9.49. The van der Waals surface area contributed by atoms with E-state index in [0.29, 0.717) is 5.82 Å². The second kappa shape index (κ2) is 6.22. The average Bonchev–Trinajstić information content (AvgIpc) is 2.92. The lowest BCUT2D eigenvalue weighted by Crippen LogP contribution is -2.23. The van der Waals surface area contributed by atoms with Crippen molar-refractivity contribution in [1.29, 1.82) is 0 Å². The van der Waals surface area contributed by atoms with Crippen molar-refractivity contribution < 1.29 is 0 Å². The van der Waals surface area contributed by atoms with E-state index >= 15 is 0 Å². The molecule has 0 atom stereocenters. The highest BCUT2D eigenvalue weighted by atomic mass is 32.1. The van der Waals surface area contributed by atoms with Crippen LogP contribution in [0.2, 0.25) is 0 Å². The summed E-state index contributed by atoms with van der Waals surface area (Å²) in [6.07, 6.45) is 1.02. The summed E-state index contributed by atoms with van der Waals surface area (Å²) in [5, 5.41) is 2.11. The number of nitrogen functional groups attached to an aromatic ring is 1. The van der Waals surface area contributed by atoms with Crippen LogP contribution in [0.1, 0.15) is 36.0 Å². The molecule has 20 heavy (non-hydrogen) atoms. The van der Waals surface area contributed by atoms with Gasteiger partial charge in [0.2, 0.25) is 0 Å². The van der Waals surface area contributed by atoms with Gasteiger partial charge in [-0.25, -0.2) is 9.97 Å². The summed E-state index contributed by atoms with van der Waals surface area (Å²) in [5.41, 5.74) is 6.97. The van der Waals surface area contributed by atoms with E-state index in [1.807, 2.05) is 6.92 Å². The Balaban J connectivity index is 2.17. The largest absolute Gasteiger partial charge is 0.383 e. The Hall–Kier alpha value is -1.62. The van der Waals surface area contributed by atoms with Crippen LogP contribution in [-0.4, -0.2) is 23.6 Å². The Morgan fingerprint density at radius 2 is 2.10 bits per heavy atom. The van der Waals surface area contributed by atoms with Crippen molar-refractivity contribution >= 4 is 23.0 Å². The minimum atomic E-state index is 0.280. The van der Waals surface area contributed by atoms with Crippen molar-refractivity contribution in [2.45, 2.75) is 33.1 Å². The number of hydrogen-bond donors (Lipinski definition) is 1. The summed E-state index contributed by atoms with van der Waals surface area (Å²) < 4.78 is 0. The van der Waals surface area contributed by atoms with Crippen molar-refractivity contribution in [1.82, 2.24) is 9.97 Å². The minimum Gasteiger partial charge on any atom is -0.383 e. The van der Waals surface area contributed by atoms with Gasteiger partial charge in [-0.15, -0.1) is 11.3 Å². The van der Waals surface area contributed by atoms with Crippen molar-refractivity contribution in [2.75, 3.05) is 24.2 Å². The molecule has 2 N–H and O–H groups in total. The zero-order valence-electron chi connectivity index (χ0n) is 12.6. The maximum absolute atomic E-state index is 6.01. The quantitative estimate of drug-likeness (QED) is 0.918. The van der Waals surface area contributed by atoms with Gasteiger partial charge in [-0.3, -0.25) is 0 Å². The molecule has 2 rings (SSSR count). The van der Waals surface area contributed by atoms with E-state index in [-0.39, 0.29) is 5.92 Å². The molecule has 4 nitrogen and oxygen atoms in total. The number of anilines is 2. The zero-order chi connectivity index (χ0) is 14.7. The van der Waals surface area contributed by atoms with Crippen LogP contribution in [0.4, 0.5) is 11.6 Å². The molecule has 0 radical (unpaired) electrons. The number of rotatable bonds is 5. The highest BCUT2D eigenvalue weighted by Gasteiger charge is 2.14. The van der Waals surface area contributed by atoms with Gasteiger partial charge in [-0.05, 0) is 24.8 Å². The molecule has 0 amide bonds. The smallest absolute Gasteiger partial charge is 0.137 e. The summed E-state index contributed by atoms with van der Waals surface area (Å²) in [7, 11) is 2.06. The van der Waals surface area contributed by atoms with Gasteiger partial charge in [-0.2, -0.15) is 0 Å². The Labute approximate surface area is 124 Å². The third-order valence-corrected chi connectivity index (χ3v) is 4.26. The van der Waals surface area contributed by atoms with Gasteiger partial charge >= 0.3 is 0 Å². The molecule has 0 saturated carbocycles. The van der Waals surface area contributed by atoms with Crippen molar-refractivity contribution in [3.05, 3.63) is 33.8 Å². The molecule has 0 fully saturated rings. The molecule has 0 aliphatic rings. The van der Waals surface area contributed by atoms with E-state index in [1.165, 1.54) is 4.88 Å². The first-order valence-electron chi connectivity index (χ1n) is 6.86. The second-order valence-corrected chi connectivity index (χ2v) is 6.35. The topological polar surface area (TPSA) is 55.0 Å². The maximum Gasteiger partial charge on any atom is 0.137 e. The van der Waals surface area contributed by atoms with Crippen LogP contribution in [0.15, 0.2) is 17.5 Å². The Bertz CT molecular complexity index is 564. The molecule has 0 unspecified atom stereocenters. The Morgan fingerprint density at radius 1 is 1.35 bits per heavy atom. The predicted molar refractivity (Wildman–Crippen MR) is 86.6 cm³/mol. The molecular formula is C15H22N4S. The molecule has 2 aromatic heterocycles. The summed E-state index contributed by atoms with van der Waals surface area (Å²) in [6, 6.07) is 4.25. The normalized spacial score (nSPS) is 11.1. The molecule has 0 spiro atoms. The third-order valence-electron chi connectivity index (χ3n) is 3.33. The first kappa shape index (κ1) is 14.8.